The van der Waals surface area contributed by atoms with Gasteiger partial charge in [0.1, 0.15) is 23.7 Å². The van der Waals surface area contributed by atoms with Gasteiger partial charge in [0.2, 0.25) is 0 Å². The molecule has 0 bridgehead atoms. The average Bonchev–Trinajstić information content (AvgIpc) is 3.32. The number of benzene rings is 2. The molecule has 176 valence electrons. The predicted octanol–water partition coefficient (Wildman–Crippen LogP) is 4.72. The summed E-state index contributed by atoms with van der Waals surface area (Å²) in [6.07, 6.45) is 6.30. The van der Waals surface area contributed by atoms with Crippen molar-refractivity contribution in [3.8, 4) is 11.5 Å². The minimum Gasteiger partial charge on any atom is -0.494 e. The van der Waals surface area contributed by atoms with Gasteiger partial charge in [0.05, 0.1) is 11.6 Å². The van der Waals surface area contributed by atoms with Gasteiger partial charge < -0.3 is 14.6 Å². The van der Waals surface area contributed by atoms with Crippen molar-refractivity contribution >= 4 is 11.6 Å². The lowest BCUT2D eigenvalue weighted by atomic mass is 9.93. The number of aliphatic hydroxyl groups is 1. The van der Waals surface area contributed by atoms with E-state index in [1.165, 1.54) is 5.56 Å². The third-order valence-electron chi connectivity index (χ3n) is 5.91. The summed E-state index contributed by atoms with van der Waals surface area (Å²) < 4.78 is 13.7. The van der Waals surface area contributed by atoms with Crippen molar-refractivity contribution in [1.29, 1.82) is 0 Å². The van der Waals surface area contributed by atoms with Gasteiger partial charge in [-0.05, 0) is 67.8 Å². The number of piperidine rings is 1. The topological polar surface area (TPSA) is 59.8 Å². The summed E-state index contributed by atoms with van der Waals surface area (Å²) in [6, 6.07) is 15.8. The molecule has 7 heteroatoms. The van der Waals surface area contributed by atoms with Crippen molar-refractivity contribution in [2.24, 2.45) is 0 Å². The Bertz CT molecular complexity index is 1010. The van der Waals surface area contributed by atoms with Gasteiger partial charge in [0, 0.05) is 38.4 Å². The molecular formula is C26H32ClN3O3. The quantitative estimate of drug-likeness (QED) is 0.435. The van der Waals surface area contributed by atoms with E-state index in [0.29, 0.717) is 23.9 Å². The summed E-state index contributed by atoms with van der Waals surface area (Å²) in [5.41, 5.74) is 1.39. The third-order valence-corrected chi connectivity index (χ3v) is 6.22. The Morgan fingerprint density at radius 1 is 1.15 bits per heavy atom. The molecule has 1 N–H and O–H groups in total. The summed E-state index contributed by atoms with van der Waals surface area (Å²) in [4.78, 5) is 2.28. The van der Waals surface area contributed by atoms with Gasteiger partial charge >= 0.3 is 0 Å². The number of nitrogens with zero attached hydrogens (tertiary/aromatic N) is 3. The standard InChI is InChI=1S/C26H32ClN3O3/c1-21-5-10-24(27)25(17-21)33-20-26(31)11-2-13-29(19-26)18-22-6-8-23(9-7-22)32-16-4-15-30-14-3-12-28-30/h3,5-10,12,14,17,31H,2,4,11,13,15-16,18-20H2,1H3/t26-/m1/s1. The van der Waals surface area contributed by atoms with Gasteiger partial charge in [-0.3, -0.25) is 9.58 Å². The van der Waals surface area contributed by atoms with E-state index in [4.69, 9.17) is 21.1 Å². The molecule has 0 saturated carbocycles. The fraction of sp³-hybridized carbons (Fsp3) is 0.423. The first-order chi connectivity index (χ1) is 16.0. The maximum Gasteiger partial charge on any atom is 0.138 e. The van der Waals surface area contributed by atoms with Gasteiger partial charge in [-0.15, -0.1) is 0 Å². The molecule has 1 aliphatic rings. The molecule has 0 amide bonds. The number of ether oxygens (including phenoxy) is 2. The molecule has 2 aromatic carbocycles. The summed E-state index contributed by atoms with van der Waals surface area (Å²) in [6.45, 7) is 6.05. The first kappa shape index (κ1) is 23.6. The van der Waals surface area contributed by atoms with Crippen LogP contribution in [-0.4, -0.2) is 51.7 Å². The van der Waals surface area contributed by atoms with E-state index < -0.39 is 5.60 Å². The van der Waals surface area contributed by atoms with E-state index in [-0.39, 0.29) is 6.61 Å². The lowest BCUT2D eigenvalue weighted by Crippen LogP contribution is -2.51. The number of aromatic nitrogens is 2. The molecule has 4 rings (SSSR count). The number of likely N-dealkylation sites (tertiary alicyclic amines) is 1. The molecule has 2 heterocycles. The van der Waals surface area contributed by atoms with E-state index in [1.54, 1.807) is 6.20 Å². The SMILES string of the molecule is Cc1ccc(Cl)c(OC[C@@]2(O)CCCN(Cc3ccc(OCCCn4cccn4)cc3)C2)c1. The molecule has 1 fully saturated rings. The summed E-state index contributed by atoms with van der Waals surface area (Å²) in [7, 11) is 0. The number of rotatable bonds is 10. The number of halogens is 1. The Morgan fingerprint density at radius 2 is 2.00 bits per heavy atom. The zero-order chi connectivity index (χ0) is 23.1. The number of β-amino-alcohol motifs (C(OH)–C–C–N with tert-alkyl or cyclic N) is 1. The molecular weight excluding hydrogens is 438 g/mol. The highest BCUT2D eigenvalue weighted by Crippen LogP contribution is 2.29. The van der Waals surface area contributed by atoms with Crippen LogP contribution in [0.4, 0.5) is 0 Å². The molecule has 0 unspecified atom stereocenters. The maximum absolute atomic E-state index is 11.1. The van der Waals surface area contributed by atoms with Crippen molar-refractivity contribution in [2.75, 3.05) is 26.3 Å². The third kappa shape index (κ3) is 6.97. The van der Waals surface area contributed by atoms with Crippen LogP contribution in [0.5, 0.6) is 11.5 Å². The van der Waals surface area contributed by atoms with Crippen LogP contribution in [0.2, 0.25) is 5.02 Å². The summed E-state index contributed by atoms with van der Waals surface area (Å²) in [5.74, 6) is 1.50. The lowest BCUT2D eigenvalue weighted by molar-refractivity contribution is -0.0620. The van der Waals surface area contributed by atoms with E-state index >= 15 is 0 Å². The zero-order valence-electron chi connectivity index (χ0n) is 19.1. The molecule has 6 nitrogen and oxygen atoms in total. The van der Waals surface area contributed by atoms with Crippen LogP contribution in [0.15, 0.2) is 60.9 Å². The second-order valence-corrected chi connectivity index (χ2v) is 9.28. The smallest absolute Gasteiger partial charge is 0.138 e. The van der Waals surface area contributed by atoms with E-state index in [9.17, 15) is 5.11 Å². The second-order valence-electron chi connectivity index (χ2n) is 8.88. The van der Waals surface area contributed by atoms with Gasteiger partial charge in [-0.2, -0.15) is 5.10 Å². The van der Waals surface area contributed by atoms with Crippen molar-refractivity contribution in [3.63, 3.8) is 0 Å². The number of hydrogen-bond donors (Lipinski definition) is 1. The Hall–Kier alpha value is -2.54. The van der Waals surface area contributed by atoms with Gasteiger partial charge in [-0.25, -0.2) is 0 Å². The van der Waals surface area contributed by atoms with Crippen LogP contribution in [-0.2, 0) is 13.1 Å². The minimum absolute atomic E-state index is 0.234. The molecule has 1 saturated heterocycles. The normalized spacial score (nSPS) is 18.9. The molecule has 33 heavy (non-hydrogen) atoms. The minimum atomic E-state index is -0.886. The van der Waals surface area contributed by atoms with E-state index in [1.807, 2.05) is 54.2 Å². The highest BCUT2D eigenvalue weighted by Gasteiger charge is 2.34. The van der Waals surface area contributed by atoms with Crippen molar-refractivity contribution in [1.82, 2.24) is 14.7 Å². The first-order valence-corrected chi connectivity index (χ1v) is 11.9. The van der Waals surface area contributed by atoms with E-state index in [2.05, 4.69) is 22.1 Å². The fourth-order valence-corrected chi connectivity index (χ4v) is 4.36. The molecule has 3 aromatic rings. The van der Waals surface area contributed by atoms with Crippen molar-refractivity contribution < 1.29 is 14.6 Å². The monoisotopic (exact) mass is 469 g/mol. The average molecular weight is 470 g/mol. The molecule has 1 aliphatic heterocycles. The molecule has 1 atom stereocenters. The Labute approximate surface area is 200 Å². The molecule has 1 aromatic heterocycles. The molecule has 0 spiro atoms. The first-order valence-electron chi connectivity index (χ1n) is 11.5. The Morgan fingerprint density at radius 3 is 2.79 bits per heavy atom. The Balaban J connectivity index is 1.24. The highest BCUT2D eigenvalue weighted by molar-refractivity contribution is 6.32. The highest BCUT2D eigenvalue weighted by atomic mass is 35.5. The van der Waals surface area contributed by atoms with Gasteiger partial charge in [0.25, 0.3) is 0 Å². The summed E-state index contributed by atoms with van der Waals surface area (Å²) >= 11 is 6.24. The van der Waals surface area contributed by atoms with Crippen LogP contribution in [0.3, 0.4) is 0 Å². The van der Waals surface area contributed by atoms with Crippen LogP contribution in [0.1, 0.15) is 30.4 Å². The molecule has 0 radical (unpaired) electrons. The maximum atomic E-state index is 11.1. The largest absolute Gasteiger partial charge is 0.494 e. The second kappa shape index (κ2) is 11.1. The lowest BCUT2D eigenvalue weighted by Gasteiger charge is -2.39. The van der Waals surface area contributed by atoms with Crippen LogP contribution < -0.4 is 9.47 Å². The number of hydrogen-bond acceptors (Lipinski definition) is 5. The molecule has 0 aliphatic carbocycles. The van der Waals surface area contributed by atoms with Crippen LogP contribution in [0.25, 0.3) is 0 Å². The van der Waals surface area contributed by atoms with Crippen LogP contribution in [0, 0.1) is 6.92 Å². The van der Waals surface area contributed by atoms with Crippen molar-refractivity contribution in [3.05, 3.63) is 77.1 Å². The number of aryl methyl sites for hydroxylation is 2. The predicted molar refractivity (Wildman–Crippen MR) is 130 cm³/mol. The van der Waals surface area contributed by atoms with Gasteiger partial charge in [-0.1, -0.05) is 29.8 Å². The zero-order valence-corrected chi connectivity index (χ0v) is 19.9. The van der Waals surface area contributed by atoms with Crippen molar-refractivity contribution in [2.45, 2.75) is 44.9 Å². The Kier molecular flexibility index (Phi) is 7.91. The van der Waals surface area contributed by atoms with Gasteiger partial charge in [0.15, 0.2) is 0 Å². The fourth-order valence-electron chi connectivity index (χ4n) is 4.19. The van der Waals surface area contributed by atoms with Crippen LogP contribution >= 0.6 is 11.6 Å². The summed E-state index contributed by atoms with van der Waals surface area (Å²) in [5, 5.41) is 15.9. The van der Waals surface area contributed by atoms with E-state index in [0.717, 1.165) is 50.2 Å².